The molecule has 10 heteroatoms. The quantitative estimate of drug-likeness (QED) is 0.726. The summed E-state index contributed by atoms with van der Waals surface area (Å²) in [5.74, 6) is -0.248. The molecule has 4 rings (SSSR count). The highest BCUT2D eigenvalue weighted by Gasteiger charge is 2.28. The van der Waals surface area contributed by atoms with Gasteiger partial charge in [0.25, 0.3) is 0 Å². The van der Waals surface area contributed by atoms with Crippen LogP contribution in [0.5, 0.6) is 0 Å². The van der Waals surface area contributed by atoms with Crippen molar-refractivity contribution in [3.05, 3.63) is 36.2 Å². The number of rotatable bonds is 6. The monoisotopic (exact) mass is 447 g/mol. The van der Waals surface area contributed by atoms with Crippen LogP contribution in [0.15, 0.2) is 35.5 Å². The summed E-state index contributed by atoms with van der Waals surface area (Å²) >= 11 is 0. The summed E-state index contributed by atoms with van der Waals surface area (Å²) in [6.07, 6.45) is 6.83. The third-order valence-electron chi connectivity index (χ3n) is 5.61. The number of nitrogens with one attached hydrogen (secondary N) is 1. The topological polar surface area (TPSA) is 96.8 Å². The number of morpholine rings is 1. The Morgan fingerprint density at radius 3 is 2.55 bits per heavy atom. The van der Waals surface area contributed by atoms with Crippen molar-refractivity contribution in [1.29, 1.82) is 0 Å². The minimum atomic E-state index is -3.66. The first-order chi connectivity index (χ1) is 14.9. The fourth-order valence-electron chi connectivity index (χ4n) is 4.01. The van der Waals surface area contributed by atoms with Crippen LogP contribution in [0.1, 0.15) is 24.8 Å². The number of carbonyl (C=O) groups is 1. The molecule has 2 fully saturated rings. The van der Waals surface area contributed by atoms with E-state index in [1.165, 1.54) is 10.7 Å². The van der Waals surface area contributed by atoms with E-state index in [1.807, 2.05) is 13.0 Å². The summed E-state index contributed by atoms with van der Waals surface area (Å²) in [5.41, 5.74) is 2.34. The first-order valence-electron chi connectivity index (χ1n) is 10.7. The molecule has 168 valence electrons. The Hall–Kier alpha value is -2.43. The van der Waals surface area contributed by atoms with Gasteiger partial charge in [0.2, 0.25) is 15.9 Å². The predicted molar refractivity (Wildman–Crippen MR) is 118 cm³/mol. The molecule has 0 unspecified atom stereocenters. The SMILES string of the molecule is Cc1cnn(CC(=O)Nc2cc(S(=O)(=O)N3CCOCC3)ccc2N2CCCCC2)c1. The molecule has 1 N–H and O–H groups in total. The van der Waals surface area contributed by atoms with Crippen molar-refractivity contribution in [3.8, 4) is 0 Å². The van der Waals surface area contributed by atoms with Crippen LogP contribution in [-0.2, 0) is 26.1 Å². The zero-order valence-electron chi connectivity index (χ0n) is 17.8. The first-order valence-corrected chi connectivity index (χ1v) is 12.1. The van der Waals surface area contributed by atoms with Crippen LogP contribution in [0.2, 0.25) is 0 Å². The molecular weight excluding hydrogens is 418 g/mol. The van der Waals surface area contributed by atoms with E-state index in [4.69, 9.17) is 4.74 Å². The highest BCUT2D eigenvalue weighted by Crippen LogP contribution is 2.32. The zero-order chi connectivity index (χ0) is 21.8. The van der Waals surface area contributed by atoms with Crippen LogP contribution in [0.25, 0.3) is 0 Å². The lowest BCUT2D eigenvalue weighted by atomic mass is 10.1. The average molecular weight is 448 g/mol. The molecule has 2 aliphatic rings. The van der Waals surface area contributed by atoms with Gasteiger partial charge in [-0.15, -0.1) is 0 Å². The van der Waals surface area contributed by atoms with Gasteiger partial charge in [-0.1, -0.05) is 0 Å². The summed E-state index contributed by atoms with van der Waals surface area (Å²) in [5, 5.41) is 7.09. The van der Waals surface area contributed by atoms with Crippen LogP contribution in [-0.4, -0.2) is 67.8 Å². The Morgan fingerprint density at radius 2 is 1.87 bits per heavy atom. The number of aromatic nitrogens is 2. The van der Waals surface area contributed by atoms with Crippen molar-refractivity contribution in [2.45, 2.75) is 37.6 Å². The maximum absolute atomic E-state index is 13.1. The molecule has 1 aromatic carbocycles. The van der Waals surface area contributed by atoms with E-state index in [9.17, 15) is 13.2 Å². The summed E-state index contributed by atoms with van der Waals surface area (Å²) in [6, 6.07) is 5.04. The minimum absolute atomic E-state index is 0.0632. The number of hydrogen-bond acceptors (Lipinski definition) is 6. The molecule has 2 aliphatic heterocycles. The minimum Gasteiger partial charge on any atom is -0.379 e. The largest absolute Gasteiger partial charge is 0.379 e. The summed E-state index contributed by atoms with van der Waals surface area (Å²) in [7, 11) is -3.66. The van der Waals surface area contributed by atoms with Crippen molar-refractivity contribution in [2.24, 2.45) is 0 Å². The molecular formula is C21H29N5O4S. The number of hydrogen-bond donors (Lipinski definition) is 1. The molecule has 0 atom stereocenters. The average Bonchev–Trinajstić information content (AvgIpc) is 3.19. The molecule has 0 bridgehead atoms. The Bertz CT molecular complexity index is 1020. The molecule has 0 aliphatic carbocycles. The molecule has 0 radical (unpaired) electrons. The lowest BCUT2D eigenvalue weighted by Crippen LogP contribution is -2.40. The second-order valence-electron chi connectivity index (χ2n) is 8.01. The molecule has 9 nitrogen and oxygen atoms in total. The van der Waals surface area contributed by atoms with Gasteiger partial charge in [0.05, 0.1) is 35.7 Å². The van der Waals surface area contributed by atoms with Crippen molar-refractivity contribution >= 4 is 27.3 Å². The van der Waals surface area contributed by atoms with E-state index >= 15 is 0 Å². The summed E-state index contributed by atoms with van der Waals surface area (Å²) < 4.78 is 34.6. The van der Waals surface area contributed by atoms with Crippen molar-refractivity contribution in [1.82, 2.24) is 14.1 Å². The smallest absolute Gasteiger partial charge is 0.246 e. The molecule has 2 saturated heterocycles. The Balaban J connectivity index is 1.62. The standard InChI is InChI=1S/C21H29N5O4S/c1-17-14-22-25(15-17)16-21(27)23-19-13-18(31(28,29)26-9-11-30-12-10-26)5-6-20(19)24-7-3-2-4-8-24/h5-6,13-15H,2-4,7-12,16H2,1H3,(H,23,27). The van der Waals surface area contributed by atoms with Gasteiger partial charge in [-0.3, -0.25) is 9.48 Å². The second kappa shape index (κ2) is 9.37. The lowest BCUT2D eigenvalue weighted by Gasteiger charge is -2.31. The van der Waals surface area contributed by atoms with Crippen LogP contribution < -0.4 is 10.2 Å². The molecule has 0 spiro atoms. The van der Waals surface area contributed by atoms with E-state index in [1.54, 1.807) is 29.2 Å². The Labute approximate surface area is 183 Å². The highest BCUT2D eigenvalue weighted by molar-refractivity contribution is 7.89. The normalized spacial score (nSPS) is 18.2. The van der Waals surface area contributed by atoms with E-state index in [0.29, 0.717) is 32.0 Å². The third kappa shape index (κ3) is 5.08. The van der Waals surface area contributed by atoms with Gasteiger partial charge in [0.1, 0.15) is 6.54 Å². The number of sulfonamides is 1. The number of piperidine rings is 1. The number of nitrogens with zero attached hydrogens (tertiary/aromatic N) is 4. The highest BCUT2D eigenvalue weighted by atomic mass is 32.2. The maximum Gasteiger partial charge on any atom is 0.246 e. The van der Waals surface area contributed by atoms with Crippen LogP contribution >= 0.6 is 0 Å². The number of anilines is 2. The number of ether oxygens (including phenoxy) is 1. The van der Waals surface area contributed by atoms with Crippen LogP contribution in [0.4, 0.5) is 11.4 Å². The van der Waals surface area contributed by atoms with Gasteiger partial charge >= 0.3 is 0 Å². The predicted octanol–water partition coefficient (Wildman–Crippen LogP) is 1.84. The second-order valence-corrected chi connectivity index (χ2v) is 9.94. The Kier molecular flexibility index (Phi) is 6.59. The maximum atomic E-state index is 13.1. The summed E-state index contributed by atoms with van der Waals surface area (Å²) in [4.78, 5) is 15.1. The third-order valence-corrected chi connectivity index (χ3v) is 7.51. The Morgan fingerprint density at radius 1 is 1.13 bits per heavy atom. The number of amides is 1. The molecule has 1 aromatic heterocycles. The number of aryl methyl sites for hydroxylation is 1. The fourth-order valence-corrected chi connectivity index (χ4v) is 5.45. The molecule has 0 saturated carbocycles. The van der Waals surface area contributed by atoms with Gasteiger partial charge in [-0.05, 0) is 49.9 Å². The number of benzene rings is 1. The van der Waals surface area contributed by atoms with Gasteiger partial charge in [0.15, 0.2) is 0 Å². The van der Waals surface area contributed by atoms with Crippen molar-refractivity contribution in [3.63, 3.8) is 0 Å². The molecule has 31 heavy (non-hydrogen) atoms. The summed E-state index contributed by atoms with van der Waals surface area (Å²) in [6.45, 7) is 5.18. The van der Waals surface area contributed by atoms with Crippen molar-refractivity contribution in [2.75, 3.05) is 49.6 Å². The fraction of sp³-hybridized carbons (Fsp3) is 0.524. The van der Waals surface area contributed by atoms with Crippen LogP contribution in [0, 0.1) is 6.92 Å². The zero-order valence-corrected chi connectivity index (χ0v) is 18.6. The molecule has 3 heterocycles. The first kappa shape index (κ1) is 21.8. The molecule has 2 aromatic rings. The van der Waals surface area contributed by atoms with Crippen molar-refractivity contribution < 1.29 is 17.9 Å². The van der Waals surface area contributed by atoms with E-state index in [-0.39, 0.29) is 17.3 Å². The van der Waals surface area contributed by atoms with Gasteiger partial charge in [-0.2, -0.15) is 9.40 Å². The van der Waals surface area contributed by atoms with Gasteiger partial charge in [0, 0.05) is 32.4 Å². The van der Waals surface area contributed by atoms with Gasteiger partial charge in [-0.25, -0.2) is 8.42 Å². The lowest BCUT2D eigenvalue weighted by molar-refractivity contribution is -0.116. The van der Waals surface area contributed by atoms with Crippen LogP contribution in [0.3, 0.4) is 0 Å². The van der Waals surface area contributed by atoms with E-state index < -0.39 is 10.0 Å². The molecule has 1 amide bonds. The number of carbonyl (C=O) groups excluding carboxylic acids is 1. The van der Waals surface area contributed by atoms with E-state index in [0.717, 1.165) is 37.2 Å². The van der Waals surface area contributed by atoms with Gasteiger partial charge < -0.3 is 15.0 Å². The van der Waals surface area contributed by atoms with E-state index in [2.05, 4.69) is 15.3 Å².